The van der Waals surface area contributed by atoms with Gasteiger partial charge in [0.2, 0.25) is 5.82 Å². The van der Waals surface area contributed by atoms with Gasteiger partial charge >= 0.3 is 0 Å². The second-order valence-electron chi connectivity index (χ2n) is 7.59. The average Bonchev–Trinajstić information content (AvgIpc) is 2.63. The van der Waals surface area contributed by atoms with Crippen molar-refractivity contribution in [3.05, 3.63) is 29.3 Å². The Labute approximate surface area is 150 Å². The third-order valence-corrected chi connectivity index (χ3v) is 5.41. The third kappa shape index (κ3) is 5.67. The monoisotopic (exact) mass is 354 g/mol. The number of rotatable bonds is 9. The maximum absolute atomic E-state index is 14.5. The molecule has 0 radical (unpaired) electrons. The fraction of sp³-hybridized carbons (Fsp3) is 0.714. The molecule has 1 fully saturated rings. The van der Waals surface area contributed by atoms with E-state index in [1.165, 1.54) is 31.7 Å². The number of ether oxygens (including phenoxy) is 1. The third-order valence-electron chi connectivity index (χ3n) is 5.41. The van der Waals surface area contributed by atoms with Crippen LogP contribution in [-0.4, -0.2) is 18.3 Å². The van der Waals surface area contributed by atoms with Crippen LogP contribution in [0.3, 0.4) is 0 Å². The van der Waals surface area contributed by atoms with E-state index < -0.39 is 11.6 Å². The summed E-state index contributed by atoms with van der Waals surface area (Å²) in [6.45, 7) is 4.15. The predicted molar refractivity (Wildman–Crippen MR) is 96.9 cm³/mol. The Bertz CT molecular complexity index is 525. The fourth-order valence-electron chi connectivity index (χ4n) is 3.70. The Morgan fingerprint density at radius 3 is 2.48 bits per heavy atom. The van der Waals surface area contributed by atoms with Gasteiger partial charge in [-0.15, -0.1) is 0 Å². The summed E-state index contributed by atoms with van der Waals surface area (Å²) in [6.07, 6.45) is 9.19. The maximum atomic E-state index is 14.5. The van der Waals surface area contributed by atoms with Crippen molar-refractivity contribution < 1.29 is 18.6 Å². The second-order valence-corrected chi connectivity index (χ2v) is 7.59. The zero-order valence-electron chi connectivity index (χ0n) is 15.6. The van der Waals surface area contributed by atoms with Crippen molar-refractivity contribution in [3.63, 3.8) is 0 Å². The lowest BCUT2D eigenvalue weighted by Crippen LogP contribution is -2.16. The summed E-state index contributed by atoms with van der Waals surface area (Å²) in [7, 11) is 0. The zero-order valence-corrected chi connectivity index (χ0v) is 15.6. The van der Waals surface area contributed by atoms with Crippen molar-refractivity contribution in [3.8, 4) is 5.75 Å². The molecule has 25 heavy (non-hydrogen) atoms. The molecule has 0 aromatic heterocycles. The SMILES string of the molecule is CCCCCC1CCC(c2ccc(OCC(C)CO)c(F)c2F)CC1. The van der Waals surface area contributed by atoms with Crippen LogP contribution in [0.2, 0.25) is 0 Å². The van der Waals surface area contributed by atoms with E-state index in [9.17, 15) is 8.78 Å². The minimum Gasteiger partial charge on any atom is -0.490 e. The normalized spacial score (nSPS) is 22.0. The van der Waals surface area contributed by atoms with E-state index in [-0.39, 0.29) is 30.8 Å². The molecule has 0 amide bonds. The molecule has 0 saturated heterocycles. The summed E-state index contributed by atoms with van der Waals surface area (Å²) in [6, 6.07) is 3.21. The first-order chi connectivity index (χ1) is 12.1. The van der Waals surface area contributed by atoms with Gasteiger partial charge in [0.05, 0.1) is 6.61 Å². The molecule has 0 aliphatic heterocycles. The van der Waals surface area contributed by atoms with Crippen molar-refractivity contribution in [2.24, 2.45) is 11.8 Å². The molecule has 0 spiro atoms. The van der Waals surface area contributed by atoms with Crippen LogP contribution < -0.4 is 4.74 Å². The lowest BCUT2D eigenvalue weighted by molar-refractivity contribution is 0.170. The summed E-state index contributed by atoms with van der Waals surface area (Å²) in [5.74, 6) is -0.961. The van der Waals surface area contributed by atoms with Crippen LogP contribution in [0.25, 0.3) is 0 Å². The van der Waals surface area contributed by atoms with E-state index in [2.05, 4.69) is 6.92 Å². The minimum absolute atomic E-state index is 0.0380. The Morgan fingerprint density at radius 1 is 1.12 bits per heavy atom. The molecule has 2 nitrogen and oxygen atoms in total. The molecule has 1 N–H and O–H groups in total. The Hall–Kier alpha value is -1.16. The van der Waals surface area contributed by atoms with Crippen molar-refractivity contribution >= 4 is 0 Å². The van der Waals surface area contributed by atoms with Crippen molar-refractivity contribution in [1.29, 1.82) is 0 Å². The topological polar surface area (TPSA) is 29.5 Å². The molecule has 1 aliphatic carbocycles. The van der Waals surface area contributed by atoms with Crippen LogP contribution in [-0.2, 0) is 0 Å². The number of aliphatic hydroxyl groups excluding tert-OH is 1. The molecule has 142 valence electrons. The lowest BCUT2D eigenvalue weighted by Gasteiger charge is -2.29. The van der Waals surface area contributed by atoms with Crippen LogP contribution in [0.4, 0.5) is 8.78 Å². The molecule has 1 unspecified atom stereocenters. The summed E-state index contributed by atoms with van der Waals surface area (Å²) >= 11 is 0. The van der Waals surface area contributed by atoms with Crippen LogP contribution in [0.5, 0.6) is 5.75 Å². The summed E-state index contributed by atoms with van der Waals surface area (Å²) in [5.41, 5.74) is 0.493. The van der Waals surface area contributed by atoms with Gasteiger partial charge in [-0.2, -0.15) is 4.39 Å². The Morgan fingerprint density at radius 2 is 1.84 bits per heavy atom. The van der Waals surface area contributed by atoms with E-state index >= 15 is 0 Å². The standard InChI is InChI=1S/C21H32F2O2/c1-3-4-5-6-16-7-9-17(10-8-16)18-11-12-19(21(23)20(18)22)25-14-15(2)13-24/h11-12,15-17,24H,3-10,13-14H2,1-2H3. The molecule has 4 heteroatoms. The number of hydrogen-bond donors (Lipinski definition) is 1. The van der Waals surface area contributed by atoms with Gasteiger partial charge in [-0.3, -0.25) is 0 Å². The van der Waals surface area contributed by atoms with Crippen molar-refractivity contribution in [1.82, 2.24) is 0 Å². The smallest absolute Gasteiger partial charge is 0.200 e. The first-order valence-electron chi connectivity index (χ1n) is 9.78. The van der Waals surface area contributed by atoms with E-state index in [0.29, 0.717) is 5.56 Å². The number of unbranched alkanes of at least 4 members (excludes halogenated alkanes) is 2. The molecule has 0 heterocycles. The largest absolute Gasteiger partial charge is 0.490 e. The molecule has 1 saturated carbocycles. The summed E-state index contributed by atoms with van der Waals surface area (Å²) < 4.78 is 34.1. The van der Waals surface area contributed by atoms with Crippen molar-refractivity contribution in [2.45, 2.75) is 71.1 Å². The molecule has 1 aromatic carbocycles. The maximum Gasteiger partial charge on any atom is 0.200 e. The van der Waals surface area contributed by atoms with Gasteiger partial charge in [-0.1, -0.05) is 45.6 Å². The van der Waals surface area contributed by atoms with Gasteiger partial charge in [0.1, 0.15) is 0 Å². The number of halogens is 2. The minimum atomic E-state index is -0.896. The van der Waals surface area contributed by atoms with Gasteiger partial charge in [-0.05, 0) is 49.1 Å². The quantitative estimate of drug-likeness (QED) is 0.566. The Balaban J connectivity index is 1.93. The van der Waals surface area contributed by atoms with E-state index in [1.807, 2.05) is 0 Å². The molecule has 0 bridgehead atoms. The first kappa shape index (κ1) is 20.2. The highest BCUT2D eigenvalue weighted by Gasteiger charge is 2.26. The zero-order chi connectivity index (χ0) is 18.2. The van der Waals surface area contributed by atoms with Gasteiger partial charge < -0.3 is 9.84 Å². The number of aliphatic hydroxyl groups is 1. The summed E-state index contributed by atoms with van der Waals surface area (Å²) in [5, 5.41) is 8.99. The molecular formula is C21H32F2O2. The molecule has 2 rings (SSSR count). The Kier molecular flexibility index (Phi) is 8.14. The highest BCUT2D eigenvalue weighted by Crippen LogP contribution is 2.40. The number of hydrogen-bond acceptors (Lipinski definition) is 2. The lowest BCUT2D eigenvalue weighted by atomic mass is 9.77. The highest BCUT2D eigenvalue weighted by atomic mass is 19.2. The molecule has 1 atom stereocenters. The average molecular weight is 354 g/mol. The van der Waals surface area contributed by atoms with Gasteiger partial charge in [0.15, 0.2) is 11.6 Å². The van der Waals surface area contributed by atoms with Gasteiger partial charge in [0.25, 0.3) is 0 Å². The van der Waals surface area contributed by atoms with E-state index in [1.54, 1.807) is 13.0 Å². The highest BCUT2D eigenvalue weighted by molar-refractivity contribution is 5.33. The fourth-order valence-corrected chi connectivity index (χ4v) is 3.70. The predicted octanol–water partition coefficient (Wildman–Crippen LogP) is 5.83. The molecule has 1 aromatic rings. The second kappa shape index (κ2) is 10.1. The number of benzene rings is 1. The first-order valence-corrected chi connectivity index (χ1v) is 9.78. The molecular weight excluding hydrogens is 322 g/mol. The van der Waals surface area contributed by atoms with E-state index in [0.717, 1.165) is 31.6 Å². The van der Waals surface area contributed by atoms with Crippen molar-refractivity contribution in [2.75, 3.05) is 13.2 Å². The van der Waals surface area contributed by atoms with Crippen LogP contribution in [0, 0.1) is 23.5 Å². The van der Waals surface area contributed by atoms with Gasteiger partial charge in [-0.25, -0.2) is 4.39 Å². The summed E-state index contributed by atoms with van der Waals surface area (Å²) in [4.78, 5) is 0. The molecule has 1 aliphatic rings. The van der Waals surface area contributed by atoms with Gasteiger partial charge in [0, 0.05) is 12.5 Å². The van der Waals surface area contributed by atoms with Crippen LogP contribution in [0.15, 0.2) is 12.1 Å². The van der Waals surface area contributed by atoms with E-state index in [4.69, 9.17) is 9.84 Å². The van der Waals surface area contributed by atoms with Crippen LogP contribution >= 0.6 is 0 Å². The van der Waals surface area contributed by atoms with Crippen LogP contribution in [0.1, 0.15) is 76.7 Å².